The molecule has 12 nitrogen and oxygen atoms in total. The lowest BCUT2D eigenvalue weighted by Crippen LogP contribution is -2.14. The van der Waals surface area contributed by atoms with E-state index in [1.807, 2.05) is 119 Å². The Hall–Kier alpha value is -8.00. The summed E-state index contributed by atoms with van der Waals surface area (Å²) in [6.45, 7) is 27.9. The van der Waals surface area contributed by atoms with Crippen LogP contribution in [0.4, 0.5) is 17.1 Å². The first-order valence-corrected chi connectivity index (χ1v) is 31.6. The summed E-state index contributed by atoms with van der Waals surface area (Å²) in [6.07, 6.45) is 10.0. The molecule has 9 aromatic rings. The van der Waals surface area contributed by atoms with Crippen LogP contribution in [0.5, 0.6) is 11.5 Å². The molecular formula is C73H85ClN4O8S. The van der Waals surface area contributed by atoms with E-state index in [2.05, 4.69) is 110 Å². The van der Waals surface area contributed by atoms with Gasteiger partial charge in [0.1, 0.15) is 17.2 Å². The first-order valence-electron chi connectivity index (χ1n) is 29.8. The molecule has 1 fully saturated rings. The zero-order valence-corrected chi connectivity index (χ0v) is 54.3. The molecule has 0 aliphatic heterocycles. The topological polar surface area (TPSA) is 160 Å². The number of rotatable bonds is 12. The van der Waals surface area contributed by atoms with Crippen LogP contribution < -0.4 is 10.1 Å². The maximum absolute atomic E-state index is 12.9. The fraction of sp³-hybridized carbons (Fsp3) is 0.342. The van der Waals surface area contributed by atoms with Gasteiger partial charge in [-0.05, 0) is 160 Å². The lowest BCUT2D eigenvalue weighted by atomic mass is 9.83. The van der Waals surface area contributed by atoms with E-state index in [4.69, 9.17) is 20.8 Å². The number of nitrogens with one attached hydrogen (secondary N) is 1. The molecule has 10 rings (SSSR count). The third kappa shape index (κ3) is 18.0. The number of nitro groups is 2. The highest BCUT2D eigenvalue weighted by Gasteiger charge is 2.27. The van der Waals surface area contributed by atoms with Crippen molar-refractivity contribution in [3.8, 4) is 22.8 Å². The van der Waals surface area contributed by atoms with E-state index >= 15 is 0 Å². The fourth-order valence-electron chi connectivity index (χ4n) is 10.1. The van der Waals surface area contributed by atoms with Crippen LogP contribution in [0.3, 0.4) is 0 Å². The number of benzene rings is 7. The molecule has 0 atom stereocenters. The molecule has 1 saturated carbocycles. The summed E-state index contributed by atoms with van der Waals surface area (Å²) in [6, 6.07) is 53.5. The van der Waals surface area contributed by atoms with Gasteiger partial charge in [0.05, 0.1) is 26.5 Å². The van der Waals surface area contributed by atoms with Crippen LogP contribution in [0.1, 0.15) is 160 Å². The number of hydrogen-bond acceptors (Lipinski definition) is 9. The Balaban J connectivity index is 0.000000169. The van der Waals surface area contributed by atoms with Crippen LogP contribution in [-0.4, -0.2) is 28.8 Å². The summed E-state index contributed by atoms with van der Waals surface area (Å²) >= 11 is 6.23. The van der Waals surface area contributed by atoms with E-state index in [0.717, 1.165) is 69.3 Å². The molecule has 1 N–H and O–H groups in total. The summed E-state index contributed by atoms with van der Waals surface area (Å²) in [5, 5.41) is 27.7. The van der Waals surface area contributed by atoms with Gasteiger partial charge in [-0.15, -0.1) is 0 Å². The molecule has 0 saturated heterocycles. The molecule has 0 bridgehead atoms. The molecule has 458 valence electrons. The Morgan fingerprint density at radius 2 is 1.17 bits per heavy atom. The van der Waals surface area contributed by atoms with Crippen molar-refractivity contribution in [2.45, 2.75) is 161 Å². The van der Waals surface area contributed by atoms with Crippen molar-refractivity contribution in [2.75, 3.05) is 11.9 Å². The summed E-state index contributed by atoms with van der Waals surface area (Å²) in [4.78, 5) is 22.5. The number of halogens is 1. The van der Waals surface area contributed by atoms with Crippen molar-refractivity contribution in [3.63, 3.8) is 0 Å². The molecule has 7 aromatic carbocycles. The van der Waals surface area contributed by atoms with Crippen molar-refractivity contribution in [1.82, 2.24) is 3.97 Å². The maximum atomic E-state index is 12.9. The first kappa shape index (κ1) is 66.5. The molecule has 0 radical (unpaired) electrons. The lowest BCUT2D eigenvalue weighted by Gasteiger charge is -2.24. The van der Waals surface area contributed by atoms with E-state index in [0.29, 0.717) is 33.8 Å². The van der Waals surface area contributed by atoms with Gasteiger partial charge in [0.2, 0.25) is 5.75 Å². The number of nitro benzene ring substituents is 2. The second-order valence-corrected chi connectivity index (χ2v) is 28.7. The Bertz CT molecular complexity index is 3880. The number of nitrogens with zero attached hydrogens (tertiary/aromatic N) is 3. The summed E-state index contributed by atoms with van der Waals surface area (Å²) < 4.78 is 38.7. The third-order valence-electron chi connectivity index (χ3n) is 15.5. The number of aromatic nitrogens is 1. The minimum Gasteiger partial charge on any atom is -0.464 e. The van der Waals surface area contributed by atoms with E-state index in [-0.39, 0.29) is 48.6 Å². The highest BCUT2D eigenvalue weighted by atomic mass is 35.5. The van der Waals surface area contributed by atoms with E-state index < -0.39 is 10.0 Å². The minimum atomic E-state index is -3.58. The summed E-state index contributed by atoms with van der Waals surface area (Å²) in [5.41, 5.74) is 10.1. The number of fused-ring (bicyclic) bond motifs is 1. The largest absolute Gasteiger partial charge is 0.464 e. The third-order valence-corrected chi connectivity index (χ3v) is 17.5. The molecule has 2 aromatic heterocycles. The molecule has 1 aliphatic carbocycles. The Kier molecular flexibility index (Phi) is 21.6. The van der Waals surface area contributed by atoms with Crippen molar-refractivity contribution in [2.24, 2.45) is 0 Å². The predicted octanol–water partition coefficient (Wildman–Crippen LogP) is 20.7. The maximum Gasteiger partial charge on any atom is 0.311 e. The van der Waals surface area contributed by atoms with E-state index in [1.54, 1.807) is 48.9 Å². The number of anilines is 1. The monoisotopic (exact) mass is 1210 g/mol. The Morgan fingerprint density at radius 1 is 0.598 bits per heavy atom. The van der Waals surface area contributed by atoms with E-state index in [1.165, 1.54) is 34.4 Å². The number of furan rings is 1. The Labute approximate surface area is 520 Å². The molecule has 2 heterocycles. The minimum absolute atomic E-state index is 0.00744. The predicted molar refractivity (Wildman–Crippen MR) is 357 cm³/mol. The summed E-state index contributed by atoms with van der Waals surface area (Å²) in [5.74, 6) is 2.26. The first-order chi connectivity index (χ1) is 40.9. The molecular weight excluding hydrogens is 1130 g/mol. The lowest BCUT2D eigenvalue weighted by molar-refractivity contribution is -0.385. The zero-order chi connectivity index (χ0) is 63.5. The van der Waals surface area contributed by atoms with Crippen LogP contribution in [0.2, 0.25) is 5.02 Å². The van der Waals surface area contributed by atoms with Gasteiger partial charge in [0.25, 0.3) is 15.7 Å². The molecule has 87 heavy (non-hydrogen) atoms. The molecule has 0 spiro atoms. The van der Waals surface area contributed by atoms with Crippen molar-refractivity contribution >= 4 is 49.6 Å². The number of hydrogen-bond donors (Lipinski definition) is 1. The number of ether oxygens (including phenoxy) is 1. The van der Waals surface area contributed by atoms with Crippen LogP contribution in [-0.2, 0) is 38.1 Å². The van der Waals surface area contributed by atoms with Crippen LogP contribution in [0, 0.1) is 27.2 Å². The van der Waals surface area contributed by atoms with Crippen LogP contribution in [0.15, 0.2) is 192 Å². The van der Waals surface area contributed by atoms with E-state index in [9.17, 15) is 28.6 Å². The second kappa shape index (κ2) is 28.2. The second-order valence-electron chi connectivity index (χ2n) is 26.5. The molecule has 1 aliphatic rings. The average Bonchev–Trinajstić information content (AvgIpc) is 1.79. The van der Waals surface area contributed by atoms with Gasteiger partial charge in [0.15, 0.2) is 0 Å². The van der Waals surface area contributed by atoms with Crippen LogP contribution in [0.25, 0.3) is 22.2 Å². The van der Waals surface area contributed by atoms with Gasteiger partial charge in [0, 0.05) is 40.8 Å². The zero-order valence-electron chi connectivity index (χ0n) is 52.7. The molecule has 0 unspecified atom stereocenters. The van der Waals surface area contributed by atoms with Crippen molar-refractivity contribution in [1.29, 1.82) is 0 Å². The molecule has 0 amide bonds. The molecule has 14 heteroatoms. The van der Waals surface area contributed by atoms with Gasteiger partial charge in [-0.2, -0.15) is 0 Å². The fourth-order valence-corrected chi connectivity index (χ4v) is 11.7. The highest BCUT2D eigenvalue weighted by Crippen LogP contribution is 2.43. The van der Waals surface area contributed by atoms with Gasteiger partial charge >= 0.3 is 5.69 Å². The normalized spacial score (nSPS) is 13.0. The quantitative estimate of drug-likeness (QED) is 0.0928. The summed E-state index contributed by atoms with van der Waals surface area (Å²) in [7, 11) is -3.58. The van der Waals surface area contributed by atoms with Crippen LogP contribution >= 0.6 is 11.6 Å². The van der Waals surface area contributed by atoms with Crippen molar-refractivity contribution in [3.05, 3.63) is 247 Å². The average molecular weight is 1210 g/mol. The van der Waals surface area contributed by atoms with Gasteiger partial charge < -0.3 is 14.5 Å². The smallest absolute Gasteiger partial charge is 0.311 e. The Morgan fingerprint density at radius 3 is 1.77 bits per heavy atom. The number of aryl methyl sites for hydroxylation is 1. The highest BCUT2D eigenvalue weighted by molar-refractivity contribution is 7.90. The van der Waals surface area contributed by atoms with Gasteiger partial charge in [-0.3, -0.25) is 20.2 Å². The SMILES string of the molecule is CC(C)(C)c1ccc(NCCc2ccccc2)c([N+](=O)[O-])c1.CC(C)(C)c1ccc(Oc2ccc(Cl)cc2C2CCCCC2)c([N+](=O)[O-])c1.CC(C)(C)c1cccc(-c2ccco2)c1.Cc1ccc(S(=O)(=O)n2ccc3ccc(C(C)(C)C)cc32)cc1. The van der Waals surface area contributed by atoms with Gasteiger partial charge in [-0.25, -0.2) is 12.4 Å². The van der Waals surface area contributed by atoms with Gasteiger partial charge in [-0.1, -0.05) is 204 Å². The standard InChI is InChI=1S/C22H26ClNO3.C19H21NO2S.C18H22N2O2.C14H16O/c1-22(2,3)16-9-11-21(19(13-16)24(25)26)27-20-12-10-17(23)14-18(20)15-7-5-4-6-8-15;1-14-5-9-17(10-6-14)23(21,22)20-12-11-15-7-8-16(13-18(15)20)19(2,3)4;1-18(2,3)15-9-10-16(17(13-15)20(21)22)19-12-11-14-7-5-4-6-8-14;1-14(2,3)12-7-4-6-11(10-12)13-8-5-9-15-13/h9-15H,4-8H2,1-3H3;5-13H,1-4H3;4-10,13,19H,11-12H2,1-3H3;4-10H,1-3H3. The van der Waals surface area contributed by atoms with Crippen molar-refractivity contribution < 1.29 is 27.4 Å².